The zero-order valence-electron chi connectivity index (χ0n) is 13.1. The number of oxazole rings is 1. The van der Waals surface area contributed by atoms with Crippen molar-refractivity contribution in [2.24, 2.45) is 11.1 Å². The molecule has 6 heteroatoms. The van der Waals surface area contributed by atoms with E-state index in [4.69, 9.17) is 14.9 Å². The molecule has 1 atom stereocenters. The van der Waals surface area contributed by atoms with Crippen LogP contribution < -0.4 is 10.6 Å². The van der Waals surface area contributed by atoms with Crippen molar-refractivity contribution in [1.29, 1.82) is 0 Å². The van der Waals surface area contributed by atoms with Crippen LogP contribution in [-0.2, 0) is 4.74 Å². The molecule has 0 saturated carbocycles. The third-order valence-corrected chi connectivity index (χ3v) is 4.05. The third kappa shape index (κ3) is 2.54. The van der Waals surface area contributed by atoms with Gasteiger partial charge >= 0.3 is 0 Å². The SMILES string of the molecule is CC(C)(C)[C@H]1COCCN1c1nc2c(C(N)=O)cccc2o1. The lowest BCUT2D eigenvalue weighted by Gasteiger charge is -2.42. The van der Waals surface area contributed by atoms with Gasteiger partial charge in [0, 0.05) is 6.54 Å². The maximum Gasteiger partial charge on any atom is 0.298 e. The third-order valence-electron chi connectivity index (χ3n) is 4.05. The van der Waals surface area contributed by atoms with Gasteiger partial charge in [-0.2, -0.15) is 4.98 Å². The van der Waals surface area contributed by atoms with Crippen LogP contribution in [0.3, 0.4) is 0 Å². The van der Waals surface area contributed by atoms with Crippen molar-refractivity contribution >= 4 is 23.0 Å². The maximum atomic E-state index is 11.5. The van der Waals surface area contributed by atoms with Gasteiger partial charge in [-0.05, 0) is 17.5 Å². The molecule has 1 amide bonds. The number of anilines is 1. The molecule has 0 bridgehead atoms. The Bertz CT molecular complexity index is 702. The number of carbonyl (C=O) groups excluding carboxylic acids is 1. The molecular formula is C16H21N3O3. The Morgan fingerprint density at radius 2 is 2.18 bits per heavy atom. The van der Waals surface area contributed by atoms with Crippen LogP contribution in [0.4, 0.5) is 6.01 Å². The molecule has 2 heterocycles. The standard InChI is InChI=1S/C16H21N3O3/c1-16(2,3)12-9-21-8-7-19(12)15-18-13-10(14(17)20)5-4-6-11(13)22-15/h4-6,12H,7-9H2,1-3H3,(H2,17,20)/t12-/m1/s1. The molecule has 3 rings (SSSR count). The highest BCUT2D eigenvalue weighted by molar-refractivity contribution is 6.03. The van der Waals surface area contributed by atoms with Crippen molar-refractivity contribution < 1.29 is 13.9 Å². The van der Waals surface area contributed by atoms with Crippen molar-refractivity contribution in [2.45, 2.75) is 26.8 Å². The average Bonchev–Trinajstić information content (AvgIpc) is 2.89. The molecule has 1 saturated heterocycles. The van der Waals surface area contributed by atoms with Gasteiger partial charge < -0.3 is 19.8 Å². The number of nitrogens with zero attached hydrogens (tertiary/aromatic N) is 2. The van der Waals surface area contributed by atoms with E-state index >= 15 is 0 Å². The van der Waals surface area contributed by atoms with Crippen LogP contribution in [-0.4, -0.2) is 36.7 Å². The first-order valence-electron chi connectivity index (χ1n) is 7.41. The minimum absolute atomic E-state index is 0.0214. The van der Waals surface area contributed by atoms with Gasteiger partial charge in [0.2, 0.25) is 0 Å². The second-order valence-electron chi connectivity index (χ2n) is 6.66. The molecule has 0 radical (unpaired) electrons. The van der Waals surface area contributed by atoms with E-state index in [0.717, 1.165) is 0 Å². The molecule has 2 aromatic rings. The van der Waals surface area contributed by atoms with Crippen LogP contribution in [0.15, 0.2) is 22.6 Å². The first-order chi connectivity index (χ1) is 10.4. The summed E-state index contributed by atoms with van der Waals surface area (Å²) in [5.41, 5.74) is 6.91. The highest BCUT2D eigenvalue weighted by Crippen LogP contribution is 2.32. The fraction of sp³-hybridized carbons (Fsp3) is 0.500. The number of fused-ring (bicyclic) bond motifs is 1. The molecular weight excluding hydrogens is 282 g/mol. The Balaban J connectivity index is 2.05. The number of benzene rings is 1. The molecule has 118 valence electrons. The molecule has 1 fully saturated rings. The monoisotopic (exact) mass is 303 g/mol. The van der Waals surface area contributed by atoms with E-state index in [1.165, 1.54) is 0 Å². The van der Waals surface area contributed by atoms with E-state index in [1.807, 2.05) is 0 Å². The second-order valence-corrected chi connectivity index (χ2v) is 6.66. The molecule has 1 aliphatic rings. The lowest BCUT2D eigenvalue weighted by molar-refractivity contribution is 0.0560. The van der Waals surface area contributed by atoms with Crippen molar-refractivity contribution in [1.82, 2.24) is 4.98 Å². The second kappa shape index (κ2) is 5.28. The number of hydrogen-bond acceptors (Lipinski definition) is 5. The topological polar surface area (TPSA) is 81.6 Å². The van der Waals surface area contributed by atoms with Gasteiger partial charge in [-0.1, -0.05) is 26.8 Å². The van der Waals surface area contributed by atoms with Gasteiger partial charge in [-0.3, -0.25) is 4.79 Å². The summed E-state index contributed by atoms with van der Waals surface area (Å²) in [4.78, 5) is 18.2. The summed E-state index contributed by atoms with van der Waals surface area (Å²) in [6.07, 6.45) is 0. The fourth-order valence-corrected chi connectivity index (χ4v) is 2.81. The summed E-state index contributed by atoms with van der Waals surface area (Å²) in [7, 11) is 0. The van der Waals surface area contributed by atoms with E-state index < -0.39 is 5.91 Å². The minimum Gasteiger partial charge on any atom is -0.423 e. The van der Waals surface area contributed by atoms with Gasteiger partial charge in [0.25, 0.3) is 11.9 Å². The Kier molecular flexibility index (Phi) is 3.56. The van der Waals surface area contributed by atoms with Crippen molar-refractivity contribution in [2.75, 3.05) is 24.7 Å². The maximum absolute atomic E-state index is 11.5. The first-order valence-corrected chi connectivity index (χ1v) is 7.41. The van der Waals surface area contributed by atoms with Crippen LogP contribution in [0.2, 0.25) is 0 Å². The summed E-state index contributed by atoms with van der Waals surface area (Å²) in [5, 5.41) is 0. The molecule has 2 N–H and O–H groups in total. The van der Waals surface area contributed by atoms with Crippen molar-refractivity contribution in [3.63, 3.8) is 0 Å². The highest BCUT2D eigenvalue weighted by Gasteiger charge is 2.35. The van der Waals surface area contributed by atoms with Gasteiger partial charge in [0.15, 0.2) is 5.58 Å². The van der Waals surface area contributed by atoms with Crippen LogP contribution in [0.1, 0.15) is 31.1 Å². The molecule has 0 aliphatic carbocycles. The predicted molar refractivity (Wildman–Crippen MR) is 83.9 cm³/mol. The summed E-state index contributed by atoms with van der Waals surface area (Å²) in [6, 6.07) is 5.89. The largest absolute Gasteiger partial charge is 0.423 e. The van der Waals surface area contributed by atoms with E-state index in [-0.39, 0.29) is 11.5 Å². The normalized spacial score (nSPS) is 19.6. The number of carbonyl (C=O) groups is 1. The van der Waals surface area contributed by atoms with E-state index in [0.29, 0.717) is 42.4 Å². The smallest absolute Gasteiger partial charge is 0.298 e. The molecule has 22 heavy (non-hydrogen) atoms. The molecule has 0 spiro atoms. The highest BCUT2D eigenvalue weighted by atomic mass is 16.5. The van der Waals surface area contributed by atoms with Gasteiger partial charge in [0.1, 0.15) is 5.52 Å². The number of nitrogens with two attached hydrogens (primary N) is 1. The van der Waals surface area contributed by atoms with E-state index in [9.17, 15) is 4.79 Å². The Labute approximate surface area is 129 Å². The number of para-hydroxylation sites is 1. The zero-order valence-corrected chi connectivity index (χ0v) is 13.1. The Morgan fingerprint density at radius 1 is 1.41 bits per heavy atom. The number of primary amides is 1. The first kappa shape index (κ1) is 14.8. The van der Waals surface area contributed by atoms with Crippen molar-refractivity contribution in [3.8, 4) is 0 Å². The summed E-state index contributed by atoms with van der Waals surface area (Å²) in [5.74, 6) is -0.500. The number of morpholine rings is 1. The predicted octanol–water partition coefficient (Wildman–Crippen LogP) is 2.18. The molecule has 0 unspecified atom stereocenters. The lowest BCUT2D eigenvalue weighted by Crippen LogP contribution is -2.52. The Hall–Kier alpha value is -2.08. The van der Waals surface area contributed by atoms with E-state index in [2.05, 4.69) is 30.7 Å². The molecule has 6 nitrogen and oxygen atoms in total. The number of rotatable bonds is 2. The number of amides is 1. The molecule has 1 aromatic carbocycles. The zero-order chi connectivity index (χ0) is 15.9. The van der Waals surface area contributed by atoms with Crippen LogP contribution in [0, 0.1) is 5.41 Å². The average molecular weight is 303 g/mol. The summed E-state index contributed by atoms with van der Waals surface area (Å²) in [6.45, 7) is 8.46. The van der Waals surface area contributed by atoms with E-state index in [1.54, 1.807) is 18.2 Å². The number of ether oxygens (including phenoxy) is 1. The van der Waals surface area contributed by atoms with Gasteiger partial charge in [-0.15, -0.1) is 0 Å². The number of aromatic nitrogens is 1. The quantitative estimate of drug-likeness (QED) is 0.919. The summed E-state index contributed by atoms with van der Waals surface area (Å²) >= 11 is 0. The number of hydrogen-bond donors (Lipinski definition) is 1. The fourth-order valence-electron chi connectivity index (χ4n) is 2.81. The van der Waals surface area contributed by atoms with Crippen LogP contribution in [0.25, 0.3) is 11.1 Å². The molecule has 1 aromatic heterocycles. The molecule has 1 aliphatic heterocycles. The minimum atomic E-state index is -0.500. The van der Waals surface area contributed by atoms with Crippen LogP contribution in [0.5, 0.6) is 0 Å². The Morgan fingerprint density at radius 3 is 2.86 bits per heavy atom. The van der Waals surface area contributed by atoms with Crippen molar-refractivity contribution in [3.05, 3.63) is 23.8 Å². The van der Waals surface area contributed by atoms with Crippen LogP contribution >= 0.6 is 0 Å². The van der Waals surface area contributed by atoms with Gasteiger partial charge in [0.05, 0.1) is 24.8 Å². The lowest BCUT2D eigenvalue weighted by atomic mass is 9.85. The summed E-state index contributed by atoms with van der Waals surface area (Å²) < 4.78 is 11.5. The van der Waals surface area contributed by atoms with Gasteiger partial charge in [-0.25, -0.2) is 0 Å².